The monoisotopic (exact) mass is 322 g/mol. The lowest BCUT2D eigenvalue weighted by Crippen LogP contribution is -1.95. The molecule has 0 aliphatic carbocycles. The van der Waals surface area contributed by atoms with E-state index < -0.39 is 0 Å². The Balaban J connectivity index is 2.51. The van der Waals surface area contributed by atoms with Crippen molar-refractivity contribution in [3.05, 3.63) is 34.1 Å². The Labute approximate surface area is 101 Å². The van der Waals surface area contributed by atoms with Crippen molar-refractivity contribution in [1.29, 1.82) is 0 Å². The smallest absolute Gasteiger partial charge is 0.127 e. The van der Waals surface area contributed by atoms with E-state index in [9.17, 15) is 4.39 Å². The molecule has 0 saturated heterocycles. The van der Waals surface area contributed by atoms with Crippen LogP contribution < -0.4 is 0 Å². The van der Waals surface area contributed by atoms with Gasteiger partial charge in [-0.1, -0.05) is 44.8 Å². The van der Waals surface area contributed by atoms with E-state index >= 15 is 0 Å². The van der Waals surface area contributed by atoms with Crippen molar-refractivity contribution in [1.82, 2.24) is 0 Å². The summed E-state index contributed by atoms with van der Waals surface area (Å²) in [5.74, 6) is -0.110. The second kappa shape index (κ2) is 5.86. The molecular weight excluding hydrogens is 311 g/mol. The molecule has 0 amide bonds. The molecule has 1 rings (SSSR count). The molecule has 78 valence electrons. The number of aryl methyl sites for hydroxylation is 1. The molecule has 0 heterocycles. The molecule has 0 bridgehead atoms. The summed E-state index contributed by atoms with van der Waals surface area (Å²) in [7, 11) is 0. The van der Waals surface area contributed by atoms with E-state index in [1.807, 2.05) is 12.1 Å². The van der Waals surface area contributed by atoms with E-state index in [1.54, 1.807) is 0 Å². The van der Waals surface area contributed by atoms with Gasteiger partial charge in [0.25, 0.3) is 0 Å². The number of halogens is 3. The summed E-state index contributed by atoms with van der Waals surface area (Å²) in [5, 5.41) is 0. The van der Waals surface area contributed by atoms with Gasteiger partial charge in [0.1, 0.15) is 5.82 Å². The highest BCUT2D eigenvalue weighted by Crippen LogP contribution is 2.18. The highest BCUT2D eigenvalue weighted by Gasteiger charge is 2.03. The van der Waals surface area contributed by atoms with E-state index in [-0.39, 0.29) is 5.82 Å². The van der Waals surface area contributed by atoms with Gasteiger partial charge in [0.15, 0.2) is 0 Å². The molecule has 0 aliphatic heterocycles. The van der Waals surface area contributed by atoms with Crippen LogP contribution in [0.2, 0.25) is 0 Å². The number of benzene rings is 1. The van der Waals surface area contributed by atoms with Gasteiger partial charge < -0.3 is 0 Å². The van der Waals surface area contributed by atoms with Gasteiger partial charge in [0.2, 0.25) is 0 Å². The van der Waals surface area contributed by atoms with Crippen LogP contribution in [0.25, 0.3) is 0 Å². The Kier molecular flexibility index (Phi) is 5.10. The number of alkyl halides is 1. The van der Waals surface area contributed by atoms with E-state index in [0.29, 0.717) is 4.83 Å². The topological polar surface area (TPSA) is 0 Å². The van der Waals surface area contributed by atoms with E-state index in [1.165, 1.54) is 6.07 Å². The molecule has 0 nitrogen and oxygen atoms in total. The highest BCUT2D eigenvalue weighted by molar-refractivity contribution is 9.10. The maximum Gasteiger partial charge on any atom is 0.127 e. The Bertz CT molecular complexity index is 297. The van der Waals surface area contributed by atoms with Gasteiger partial charge in [-0.25, -0.2) is 4.39 Å². The molecule has 0 saturated carbocycles. The average molecular weight is 324 g/mol. The van der Waals surface area contributed by atoms with Crippen molar-refractivity contribution in [3.8, 4) is 0 Å². The zero-order valence-electron chi connectivity index (χ0n) is 8.06. The summed E-state index contributed by atoms with van der Waals surface area (Å²) in [4.78, 5) is 0.515. The fourth-order valence-electron chi connectivity index (χ4n) is 1.30. The maximum absolute atomic E-state index is 13.3. The molecule has 0 aromatic heterocycles. The Morgan fingerprint density at radius 1 is 1.43 bits per heavy atom. The van der Waals surface area contributed by atoms with Crippen LogP contribution in [0.3, 0.4) is 0 Å². The van der Waals surface area contributed by atoms with Crippen molar-refractivity contribution >= 4 is 31.9 Å². The maximum atomic E-state index is 13.3. The second-order valence-corrected chi connectivity index (χ2v) is 5.89. The van der Waals surface area contributed by atoms with E-state index in [0.717, 1.165) is 29.3 Å². The summed E-state index contributed by atoms with van der Waals surface area (Å²) >= 11 is 6.72. The van der Waals surface area contributed by atoms with Crippen LogP contribution in [0.1, 0.15) is 25.3 Å². The lowest BCUT2D eigenvalue weighted by molar-refractivity contribution is 0.599. The van der Waals surface area contributed by atoms with E-state index in [2.05, 4.69) is 38.8 Å². The third kappa shape index (κ3) is 4.09. The molecule has 0 fully saturated rings. The van der Waals surface area contributed by atoms with Crippen LogP contribution in [-0.2, 0) is 6.42 Å². The van der Waals surface area contributed by atoms with Crippen molar-refractivity contribution in [2.45, 2.75) is 31.0 Å². The minimum Gasteiger partial charge on any atom is -0.207 e. The van der Waals surface area contributed by atoms with Crippen LogP contribution in [0.4, 0.5) is 4.39 Å². The van der Waals surface area contributed by atoms with E-state index in [4.69, 9.17) is 0 Å². The molecule has 1 unspecified atom stereocenters. The Hall–Kier alpha value is 0.110. The molecule has 3 heteroatoms. The van der Waals surface area contributed by atoms with Gasteiger partial charge >= 0.3 is 0 Å². The lowest BCUT2D eigenvalue weighted by Gasteiger charge is -2.05. The number of hydrogen-bond acceptors (Lipinski definition) is 0. The van der Waals surface area contributed by atoms with Gasteiger partial charge in [0, 0.05) is 9.30 Å². The second-order valence-electron chi connectivity index (χ2n) is 3.41. The molecule has 0 radical (unpaired) electrons. The molecule has 0 aliphatic rings. The quantitative estimate of drug-likeness (QED) is 0.705. The van der Waals surface area contributed by atoms with Crippen LogP contribution in [0.15, 0.2) is 22.7 Å². The number of hydrogen-bond donors (Lipinski definition) is 0. The third-order valence-electron chi connectivity index (χ3n) is 2.06. The molecule has 14 heavy (non-hydrogen) atoms. The van der Waals surface area contributed by atoms with Crippen LogP contribution in [0, 0.1) is 5.82 Å². The van der Waals surface area contributed by atoms with Gasteiger partial charge in [-0.3, -0.25) is 0 Å². The SMILES string of the molecule is CC(Br)CCCc1ccc(Br)cc1F. The summed E-state index contributed by atoms with van der Waals surface area (Å²) in [6, 6.07) is 5.25. The summed E-state index contributed by atoms with van der Waals surface area (Å²) < 4.78 is 14.1. The van der Waals surface area contributed by atoms with Gasteiger partial charge in [0.05, 0.1) is 0 Å². The molecular formula is C11H13Br2F. The van der Waals surface area contributed by atoms with Crippen molar-refractivity contribution < 1.29 is 4.39 Å². The lowest BCUT2D eigenvalue weighted by atomic mass is 10.1. The normalized spacial score (nSPS) is 12.9. The Morgan fingerprint density at radius 3 is 2.71 bits per heavy atom. The molecule has 1 aromatic carbocycles. The minimum atomic E-state index is -0.110. The van der Waals surface area contributed by atoms with Crippen LogP contribution in [0.5, 0.6) is 0 Å². The van der Waals surface area contributed by atoms with Crippen LogP contribution >= 0.6 is 31.9 Å². The average Bonchev–Trinajstić information content (AvgIpc) is 2.08. The first-order valence-electron chi connectivity index (χ1n) is 4.67. The standard InChI is InChI=1S/C11H13Br2F/c1-8(12)3-2-4-9-5-6-10(13)7-11(9)14/h5-8H,2-4H2,1H3. The van der Waals surface area contributed by atoms with Gasteiger partial charge in [-0.2, -0.15) is 0 Å². The predicted octanol–water partition coefficient (Wildman–Crippen LogP) is 4.69. The fourth-order valence-corrected chi connectivity index (χ4v) is 1.96. The van der Waals surface area contributed by atoms with Crippen LogP contribution in [-0.4, -0.2) is 4.83 Å². The van der Waals surface area contributed by atoms with Crippen molar-refractivity contribution in [2.24, 2.45) is 0 Å². The van der Waals surface area contributed by atoms with Crippen molar-refractivity contribution in [2.75, 3.05) is 0 Å². The zero-order chi connectivity index (χ0) is 10.6. The molecule has 0 spiro atoms. The number of rotatable bonds is 4. The molecule has 0 N–H and O–H groups in total. The third-order valence-corrected chi connectivity index (χ3v) is 3.01. The molecule has 1 atom stereocenters. The first-order valence-corrected chi connectivity index (χ1v) is 6.38. The highest BCUT2D eigenvalue weighted by atomic mass is 79.9. The summed E-state index contributed by atoms with van der Waals surface area (Å²) in [6.45, 7) is 2.11. The summed E-state index contributed by atoms with van der Waals surface area (Å²) in [6.07, 6.45) is 2.91. The van der Waals surface area contributed by atoms with Gasteiger partial charge in [-0.05, 0) is 37.0 Å². The zero-order valence-corrected chi connectivity index (χ0v) is 11.2. The van der Waals surface area contributed by atoms with Gasteiger partial charge in [-0.15, -0.1) is 0 Å². The van der Waals surface area contributed by atoms with Crippen molar-refractivity contribution in [3.63, 3.8) is 0 Å². The largest absolute Gasteiger partial charge is 0.207 e. The predicted molar refractivity (Wildman–Crippen MR) is 65.4 cm³/mol. The first-order chi connectivity index (χ1) is 6.59. The first kappa shape index (κ1) is 12.2. The molecule has 1 aromatic rings. The Morgan fingerprint density at radius 2 is 2.14 bits per heavy atom. The minimum absolute atomic E-state index is 0.110. The summed E-state index contributed by atoms with van der Waals surface area (Å²) in [5.41, 5.74) is 0.807. The fraction of sp³-hybridized carbons (Fsp3) is 0.455.